The van der Waals surface area contributed by atoms with Crippen LogP contribution in [0.5, 0.6) is 11.5 Å². The zero-order valence-electron chi connectivity index (χ0n) is 13.0. The van der Waals surface area contributed by atoms with Gasteiger partial charge in [-0.25, -0.2) is 4.79 Å². The molecule has 0 aliphatic heterocycles. The first-order valence-corrected chi connectivity index (χ1v) is 7.75. The summed E-state index contributed by atoms with van der Waals surface area (Å²) in [6.07, 6.45) is 0. The van der Waals surface area contributed by atoms with E-state index in [0.717, 1.165) is 11.6 Å². The Labute approximate surface area is 147 Å². The highest BCUT2D eigenvalue weighted by Gasteiger charge is 2.09. The molecule has 128 valence electrons. The van der Waals surface area contributed by atoms with E-state index >= 15 is 0 Å². The molecule has 0 aliphatic carbocycles. The normalized spacial score (nSPS) is 10.6. The highest BCUT2D eigenvalue weighted by atomic mass is 35.5. The van der Waals surface area contributed by atoms with E-state index in [1.807, 2.05) is 12.1 Å². The number of fused-ring (bicyclic) bond motifs is 1. The third-order valence-corrected chi connectivity index (χ3v) is 3.58. The van der Waals surface area contributed by atoms with Gasteiger partial charge in [0.15, 0.2) is 6.61 Å². The predicted molar refractivity (Wildman–Crippen MR) is 93.0 cm³/mol. The van der Waals surface area contributed by atoms with Crippen LogP contribution < -0.4 is 20.8 Å². The number of carbonyl (C=O) groups excluding carboxylic acids is 1. The van der Waals surface area contributed by atoms with Gasteiger partial charge in [-0.15, -0.1) is 0 Å². The molecule has 1 heterocycles. The summed E-state index contributed by atoms with van der Waals surface area (Å²) in [6.45, 7) is -0.0142. The van der Waals surface area contributed by atoms with Crippen LogP contribution >= 0.6 is 11.6 Å². The molecular formula is C18H14ClNO5. The van der Waals surface area contributed by atoms with Crippen molar-refractivity contribution in [1.82, 2.24) is 0 Å². The van der Waals surface area contributed by atoms with Crippen LogP contribution in [0.25, 0.3) is 11.0 Å². The fraction of sp³-hybridized carbons (Fsp3) is 0.111. The van der Waals surface area contributed by atoms with Crippen molar-refractivity contribution in [2.75, 3.05) is 6.61 Å². The molecule has 0 spiro atoms. The highest BCUT2D eigenvalue weighted by Crippen LogP contribution is 2.27. The van der Waals surface area contributed by atoms with Gasteiger partial charge in [-0.1, -0.05) is 23.7 Å². The van der Waals surface area contributed by atoms with Crippen LogP contribution in [0.2, 0.25) is 5.02 Å². The lowest BCUT2D eigenvalue weighted by molar-refractivity contribution is -0.119. The molecule has 0 saturated carbocycles. The monoisotopic (exact) mass is 359 g/mol. The number of carbonyl (C=O) groups is 1. The quantitative estimate of drug-likeness (QED) is 0.683. The van der Waals surface area contributed by atoms with Gasteiger partial charge in [0.2, 0.25) is 0 Å². The molecule has 2 aromatic carbocycles. The van der Waals surface area contributed by atoms with Crippen molar-refractivity contribution in [1.29, 1.82) is 0 Å². The summed E-state index contributed by atoms with van der Waals surface area (Å²) >= 11 is 5.94. The van der Waals surface area contributed by atoms with Crippen molar-refractivity contribution >= 4 is 28.5 Å². The average Bonchev–Trinajstić information content (AvgIpc) is 2.57. The first kappa shape index (κ1) is 16.9. The molecule has 0 atom stereocenters. The van der Waals surface area contributed by atoms with Crippen LogP contribution in [0.15, 0.2) is 57.7 Å². The maximum Gasteiger partial charge on any atom is 0.339 e. The largest absolute Gasteiger partial charge is 0.489 e. The van der Waals surface area contributed by atoms with Gasteiger partial charge in [0, 0.05) is 11.1 Å². The van der Waals surface area contributed by atoms with E-state index in [-0.39, 0.29) is 17.9 Å². The Balaban J connectivity index is 1.84. The molecule has 0 radical (unpaired) electrons. The van der Waals surface area contributed by atoms with Gasteiger partial charge in [-0.05, 0) is 29.8 Å². The lowest BCUT2D eigenvalue weighted by atomic mass is 10.2. The van der Waals surface area contributed by atoms with Gasteiger partial charge in [-0.2, -0.15) is 0 Å². The summed E-state index contributed by atoms with van der Waals surface area (Å²) in [5.41, 5.74) is 5.66. The van der Waals surface area contributed by atoms with Crippen molar-refractivity contribution in [2.45, 2.75) is 6.61 Å². The number of hydrogen-bond donors (Lipinski definition) is 1. The Bertz CT molecular complexity index is 983. The Morgan fingerprint density at radius 2 is 1.96 bits per heavy atom. The SMILES string of the molecule is NC(=O)COc1cc(=O)oc2cc(OCc3cccc(Cl)c3)ccc12. The van der Waals surface area contributed by atoms with Crippen LogP contribution in [0, 0.1) is 0 Å². The minimum atomic E-state index is -0.636. The van der Waals surface area contributed by atoms with E-state index in [1.54, 1.807) is 30.3 Å². The molecule has 0 aliphatic rings. The summed E-state index contributed by atoms with van der Waals surface area (Å²) in [7, 11) is 0. The lowest BCUT2D eigenvalue weighted by Gasteiger charge is -2.09. The van der Waals surface area contributed by atoms with E-state index in [1.165, 1.54) is 0 Å². The predicted octanol–water partition coefficient (Wildman–Crippen LogP) is 2.89. The van der Waals surface area contributed by atoms with E-state index in [2.05, 4.69) is 0 Å². The summed E-state index contributed by atoms with van der Waals surface area (Å²) in [5, 5.41) is 1.16. The molecule has 0 saturated heterocycles. The van der Waals surface area contributed by atoms with Gasteiger partial charge >= 0.3 is 5.63 Å². The smallest absolute Gasteiger partial charge is 0.339 e. The number of ether oxygens (including phenoxy) is 2. The molecule has 6 nitrogen and oxygen atoms in total. The van der Waals surface area contributed by atoms with Gasteiger partial charge in [0.25, 0.3) is 5.91 Å². The number of halogens is 1. The van der Waals surface area contributed by atoms with E-state index < -0.39 is 11.5 Å². The molecule has 7 heteroatoms. The number of hydrogen-bond acceptors (Lipinski definition) is 5. The van der Waals surface area contributed by atoms with Crippen LogP contribution in [0.3, 0.4) is 0 Å². The summed E-state index contributed by atoms with van der Waals surface area (Å²) in [4.78, 5) is 22.5. The molecule has 2 N–H and O–H groups in total. The molecule has 0 fully saturated rings. The third-order valence-electron chi connectivity index (χ3n) is 3.34. The third kappa shape index (κ3) is 4.30. The second-order valence-electron chi connectivity index (χ2n) is 5.26. The minimum absolute atomic E-state index is 0.228. The first-order chi connectivity index (χ1) is 12.0. The minimum Gasteiger partial charge on any atom is -0.489 e. The maximum atomic E-state index is 11.7. The van der Waals surface area contributed by atoms with Gasteiger partial charge in [0.05, 0.1) is 11.5 Å². The molecule has 1 aromatic heterocycles. The van der Waals surface area contributed by atoms with Crippen LogP contribution in [-0.4, -0.2) is 12.5 Å². The van der Waals surface area contributed by atoms with Gasteiger partial charge < -0.3 is 19.6 Å². The summed E-state index contributed by atoms with van der Waals surface area (Å²) in [6, 6.07) is 13.5. The topological polar surface area (TPSA) is 91.8 Å². The Morgan fingerprint density at radius 1 is 1.12 bits per heavy atom. The number of amides is 1. The van der Waals surface area contributed by atoms with Crippen LogP contribution in [-0.2, 0) is 11.4 Å². The number of primary amides is 1. The average molecular weight is 360 g/mol. The second-order valence-corrected chi connectivity index (χ2v) is 5.70. The molecule has 0 unspecified atom stereocenters. The molecule has 25 heavy (non-hydrogen) atoms. The molecule has 1 amide bonds. The van der Waals surface area contributed by atoms with Crippen LogP contribution in [0.1, 0.15) is 5.56 Å². The van der Waals surface area contributed by atoms with Crippen molar-refractivity contribution < 1.29 is 18.7 Å². The van der Waals surface area contributed by atoms with E-state index in [0.29, 0.717) is 22.8 Å². The standard InChI is InChI=1S/C18H14ClNO5/c19-12-3-1-2-11(6-12)9-23-13-4-5-14-15(24-10-17(20)21)8-18(22)25-16(14)7-13/h1-8H,9-10H2,(H2,20,21). The van der Waals surface area contributed by atoms with Crippen molar-refractivity contribution in [2.24, 2.45) is 5.73 Å². The Hall–Kier alpha value is -2.99. The first-order valence-electron chi connectivity index (χ1n) is 7.37. The fourth-order valence-corrected chi connectivity index (χ4v) is 2.48. The van der Waals surface area contributed by atoms with Gasteiger partial charge in [0.1, 0.15) is 23.7 Å². The lowest BCUT2D eigenvalue weighted by Crippen LogP contribution is -2.20. The van der Waals surface area contributed by atoms with Crippen LogP contribution in [0.4, 0.5) is 0 Å². The zero-order valence-corrected chi connectivity index (χ0v) is 13.8. The highest BCUT2D eigenvalue weighted by molar-refractivity contribution is 6.30. The van der Waals surface area contributed by atoms with E-state index in [9.17, 15) is 9.59 Å². The summed E-state index contributed by atoms with van der Waals surface area (Å²) in [5.74, 6) is 0.108. The Morgan fingerprint density at radius 3 is 2.72 bits per heavy atom. The maximum absolute atomic E-state index is 11.7. The molecule has 0 bridgehead atoms. The fourth-order valence-electron chi connectivity index (χ4n) is 2.26. The molecular weight excluding hydrogens is 346 g/mol. The van der Waals surface area contributed by atoms with E-state index in [4.69, 9.17) is 31.2 Å². The van der Waals surface area contributed by atoms with Crippen molar-refractivity contribution in [3.63, 3.8) is 0 Å². The Kier molecular flexibility index (Phi) is 4.90. The van der Waals surface area contributed by atoms with Crippen molar-refractivity contribution in [3.05, 3.63) is 69.5 Å². The summed E-state index contributed by atoms with van der Waals surface area (Å²) < 4.78 is 16.1. The number of rotatable bonds is 6. The van der Waals surface area contributed by atoms with Crippen molar-refractivity contribution in [3.8, 4) is 11.5 Å². The second kappa shape index (κ2) is 7.27. The number of nitrogens with two attached hydrogens (primary N) is 1. The molecule has 3 rings (SSSR count). The van der Waals surface area contributed by atoms with Gasteiger partial charge in [-0.3, -0.25) is 4.79 Å². The zero-order chi connectivity index (χ0) is 17.8. The number of benzene rings is 2. The molecule has 3 aromatic rings.